The molecule has 1 fully saturated rings. The SMILES string of the molecule is O[C@@H]1CCN(c2nc(N3CCn4c(nnc4C(F)(F)F)C3)c3cc(CCC(F)(F)F)sc3n2)C1. The van der Waals surface area contributed by atoms with Crippen LogP contribution in [0.15, 0.2) is 6.07 Å². The van der Waals surface area contributed by atoms with Crippen LogP contribution in [-0.4, -0.2) is 61.8 Å². The van der Waals surface area contributed by atoms with E-state index in [-0.39, 0.29) is 31.9 Å². The Labute approximate surface area is 192 Å². The molecule has 1 saturated heterocycles. The standard InChI is InChI=1S/C19H19F6N7OS/c20-18(21,22)3-1-11-7-12-14(26-17(27-15(12)34-11)31-4-2-10(33)8-31)30-5-6-32-13(9-30)28-29-16(32)19(23,24)25/h7,10,33H,1-6,8-9H2/t10-/m1/s1. The second-order valence-corrected chi connectivity index (χ2v) is 9.41. The van der Waals surface area contributed by atoms with Crippen LogP contribution < -0.4 is 9.80 Å². The molecule has 0 bridgehead atoms. The number of β-amino-alcohol motifs (C(OH)–C–C–N with tert-alkyl or cyclic N) is 1. The first-order chi connectivity index (χ1) is 16.0. The Morgan fingerprint density at radius 2 is 1.82 bits per heavy atom. The molecule has 15 heteroatoms. The Bertz CT molecular complexity index is 1210. The van der Waals surface area contributed by atoms with Gasteiger partial charge in [-0.15, -0.1) is 21.5 Å². The van der Waals surface area contributed by atoms with Crippen molar-refractivity contribution in [2.24, 2.45) is 0 Å². The highest BCUT2D eigenvalue weighted by molar-refractivity contribution is 7.18. The van der Waals surface area contributed by atoms with Gasteiger partial charge < -0.3 is 19.5 Å². The van der Waals surface area contributed by atoms with Crippen molar-refractivity contribution in [3.05, 3.63) is 22.6 Å². The summed E-state index contributed by atoms with van der Waals surface area (Å²) in [5.41, 5.74) is 0. The summed E-state index contributed by atoms with van der Waals surface area (Å²) in [6, 6.07) is 1.62. The molecule has 34 heavy (non-hydrogen) atoms. The van der Waals surface area contributed by atoms with E-state index in [0.717, 1.165) is 15.9 Å². The first-order valence-electron chi connectivity index (χ1n) is 10.5. The van der Waals surface area contributed by atoms with Crippen LogP contribution in [0.3, 0.4) is 0 Å². The highest BCUT2D eigenvalue weighted by Gasteiger charge is 2.40. The van der Waals surface area contributed by atoms with Crippen LogP contribution in [0.4, 0.5) is 38.1 Å². The monoisotopic (exact) mass is 507 g/mol. The predicted molar refractivity (Wildman–Crippen MR) is 111 cm³/mol. The van der Waals surface area contributed by atoms with Crippen molar-refractivity contribution in [3.8, 4) is 0 Å². The predicted octanol–water partition coefficient (Wildman–Crippen LogP) is 3.39. The third-order valence-electron chi connectivity index (χ3n) is 5.82. The van der Waals surface area contributed by atoms with Crippen LogP contribution in [0.25, 0.3) is 10.2 Å². The maximum absolute atomic E-state index is 13.2. The Morgan fingerprint density at radius 1 is 1.03 bits per heavy atom. The number of fused-ring (bicyclic) bond motifs is 2. The summed E-state index contributed by atoms with van der Waals surface area (Å²) in [6.45, 7) is 0.995. The van der Waals surface area contributed by atoms with Crippen LogP contribution in [-0.2, 0) is 25.7 Å². The summed E-state index contributed by atoms with van der Waals surface area (Å²) in [7, 11) is 0. The average Bonchev–Trinajstić information content (AvgIpc) is 3.47. The van der Waals surface area contributed by atoms with E-state index in [2.05, 4.69) is 20.2 Å². The fourth-order valence-corrected chi connectivity index (χ4v) is 5.20. The van der Waals surface area contributed by atoms with Crippen molar-refractivity contribution < 1.29 is 31.4 Å². The average molecular weight is 507 g/mol. The van der Waals surface area contributed by atoms with Gasteiger partial charge in [0.2, 0.25) is 11.8 Å². The molecule has 0 radical (unpaired) electrons. The van der Waals surface area contributed by atoms with E-state index < -0.39 is 30.7 Å². The first kappa shape index (κ1) is 23.1. The summed E-state index contributed by atoms with van der Waals surface area (Å²) in [5, 5.41) is 17.4. The third kappa shape index (κ3) is 4.50. The van der Waals surface area contributed by atoms with Crippen molar-refractivity contribution in [1.82, 2.24) is 24.7 Å². The lowest BCUT2D eigenvalue weighted by atomic mass is 10.2. The van der Waals surface area contributed by atoms with E-state index >= 15 is 0 Å². The van der Waals surface area contributed by atoms with E-state index in [1.165, 1.54) is 0 Å². The number of aryl methyl sites for hydroxylation is 1. The molecule has 0 aliphatic carbocycles. The lowest BCUT2D eigenvalue weighted by Crippen LogP contribution is -2.36. The number of alkyl halides is 6. The number of aliphatic hydroxyl groups excluding tert-OH is 1. The van der Waals surface area contributed by atoms with Crippen LogP contribution in [0.5, 0.6) is 0 Å². The van der Waals surface area contributed by atoms with Crippen molar-refractivity contribution in [1.29, 1.82) is 0 Å². The second kappa shape index (κ2) is 8.22. The van der Waals surface area contributed by atoms with Gasteiger partial charge >= 0.3 is 12.4 Å². The van der Waals surface area contributed by atoms with E-state index in [9.17, 15) is 31.4 Å². The minimum Gasteiger partial charge on any atom is -0.391 e. The molecule has 1 atom stereocenters. The molecule has 0 aromatic carbocycles. The first-order valence-corrected chi connectivity index (χ1v) is 11.3. The number of rotatable bonds is 4. The van der Waals surface area contributed by atoms with Crippen molar-refractivity contribution in [2.45, 2.75) is 50.8 Å². The van der Waals surface area contributed by atoms with Gasteiger partial charge in [0.1, 0.15) is 10.6 Å². The number of aromatic nitrogens is 5. The number of halogens is 6. The smallest absolute Gasteiger partial charge is 0.391 e. The molecule has 2 aliphatic heterocycles. The minimum absolute atomic E-state index is 0.00495. The molecule has 5 rings (SSSR count). The zero-order valence-corrected chi connectivity index (χ0v) is 18.4. The summed E-state index contributed by atoms with van der Waals surface area (Å²) < 4.78 is 78.8. The largest absolute Gasteiger partial charge is 0.451 e. The van der Waals surface area contributed by atoms with Crippen LogP contribution in [0.1, 0.15) is 29.4 Å². The van der Waals surface area contributed by atoms with Crippen LogP contribution >= 0.6 is 11.3 Å². The van der Waals surface area contributed by atoms with Crippen molar-refractivity contribution in [3.63, 3.8) is 0 Å². The Balaban J connectivity index is 1.52. The number of anilines is 2. The summed E-state index contributed by atoms with van der Waals surface area (Å²) >= 11 is 1.13. The Kier molecular flexibility index (Phi) is 5.58. The molecule has 0 saturated carbocycles. The molecular formula is C19H19F6N7OS. The van der Waals surface area contributed by atoms with Gasteiger partial charge in [0, 0.05) is 37.5 Å². The number of aliphatic hydroxyl groups is 1. The number of hydrogen-bond acceptors (Lipinski definition) is 8. The third-order valence-corrected chi connectivity index (χ3v) is 6.91. The highest BCUT2D eigenvalue weighted by Crippen LogP contribution is 2.37. The fraction of sp³-hybridized carbons (Fsp3) is 0.579. The second-order valence-electron chi connectivity index (χ2n) is 8.29. The van der Waals surface area contributed by atoms with Gasteiger partial charge in [0.25, 0.3) is 0 Å². The van der Waals surface area contributed by atoms with E-state index in [0.29, 0.717) is 46.4 Å². The highest BCUT2D eigenvalue weighted by atomic mass is 32.1. The quantitative estimate of drug-likeness (QED) is 0.542. The Morgan fingerprint density at radius 3 is 2.50 bits per heavy atom. The Hall–Kier alpha value is -2.68. The summed E-state index contributed by atoms with van der Waals surface area (Å²) in [5.74, 6) is -0.201. The zero-order valence-electron chi connectivity index (χ0n) is 17.6. The molecule has 1 N–H and O–H groups in total. The van der Waals surface area contributed by atoms with Gasteiger partial charge in [-0.05, 0) is 18.9 Å². The van der Waals surface area contributed by atoms with Crippen molar-refractivity contribution >= 4 is 33.3 Å². The van der Waals surface area contributed by atoms with E-state index in [1.807, 2.05) is 0 Å². The van der Waals surface area contributed by atoms with Gasteiger partial charge in [-0.25, -0.2) is 4.98 Å². The molecule has 3 aromatic rings. The van der Waals surface area contributed by atoms with Gasteiger partial charge in [0.05, 0.1) is 18.0 Å². The molecule has 0 amide bonds. The van der Waals surface area contributed by atoms with Gasteiger partial charge in [0.15, 0.2) is 5.82 Å². The van der Waals surface area contributed by atoms with Crippen LogP contribution in [0.2, 0.25) is 0 Å². The molecular weight excluding hydrogens is 488 g/mol. The maximum Gasteiger partial charge on any atom is 0.451 e. The lowest BCUT2D eigenvalue weighted by molar-refractivity contribution is -0.147. The lowest BCUT2D eigenvalue weighted by Gasteiger charge is -2.30. The topological polar surface area (TPSA) is 83.2 Å². The maximum atomic E-state index is 13.2. The van der Waals surface area contributed by atoms with Crippen molar-refractivity contribution in [2.75, 3.05) is 29.4 Å². The number of hydrogen-bond donors (Lipinski definition) is 1. The molecule has 0 unspecified atom stereocenters. The summed E-state index contributed by atoms with van der Waals surface area (Å²) in [4.78, 5) is 13.7. The number of nitrogens with zero attached hydrogens (tertiary/aromatic N) is 7. The molecule has 2 aliphatic rings. The molecule has 184 valence electrons. The number of thiophene rings is 1. The van der Waals surface area contributed by atoms with Gasteiger partial charge in [-0.1, -0.05) is 0 Å². The van der Waals surface area contributed by atoms with Crippen LogP contribution in [0, 0.1) is 0 Å². The molecule has 5 heterocycles. The molecule has 3 aromatic heterocycles. The zero-order chi connectivity index (χ0) is 24.3. The minimum atomic E-state index is -4.62. The molecule has 0 spiro atoms. The van der Waals surface area contributed by atoms with Gasteiger partial charge in [-0.3, -0.25) is 0 Å². The van der Waals surface area contributed by atoms with E-state index in [1.54, 1.807) is 15.9 Å². The summed E-state index contributed by atoms with van der Waals surface area (Å²) in [6.07, 6.45) is -10.1. The molecule has 8 nitrogen and oxygen atoms in total. The van der Waals surface area contributed by atoms with Gasteiger partial charge in [-0.2, -0.15) is 31.3 Å². The normalized spacial score (nSPS) is 19.3. The fourth-order valence-electron chi connectivity index (χ4n) is 4.19. The van der Waals surface area contributed by atoms with E-state index in [4.69, 9.17) is 0 Å².